The zero-order valence-electron chi connectivity index (χ0n) is 19.7. The lowest BCUT2D eigenvalue weighted by atomic mass is 9.96. The summed E-state index contributed by atoms with van der Waals surface area (Å²) >= 11 is 7.37. The van der Waals surface area contributed by atoms with Crippen molar-refractivity contribution in [3.8, 4) is 0 Å². The fraction of sp³-hybridized carbons (Fsp3) is 0.400. The predicted molar refractivity (Wildman–Crippen MR) is 135 cm³/mol. The number of hydrogen-bond acceptors (Lipinski definition) is 6. The summed E-state index contributed by atoms with van der Waals surface area (Å²) in [5.41, 5.74) is 1.93. The van der Waals surface area contributed by atoms with Gasteiger partial charge in [0.15, 0.2) is 5.79 Å². The molecule has 36 heavy (non-hydrogen) atoms. The summed E-state index contributed by atoms with van der Waals surface area (Å²) < 4.78 is 12.4. The number of para-hydroxylation sites is 1. The van der Waals surface area contributed by atoms with Crippen LogP contribution in [0.4, 0.5) is 5.69 Å². The van der Waals surface area contributed by atoms with Crippen LogP contribution < -0.4 is 10.2 Å². The summed E-state index contributed by atoms with van der Waals surface area (Å²) in [6.45, 7) is 4.44. The SMILES string of the molecule is CC1(C)O[C@H]2CN(C(=O)CN3C(=O)[C@H](NC(=O)c4cc5cc(Cl)sc5[nH]4)Cc4ccccc43)C[C@H]2O1. The molecule has 3 atom stereocenters. The van der Waals surface area contributed by atoms with Crippen LogP contribution in [0.2, 0.25) is 4.34 Å². The number of benzene rings is 1. The second-order valence-corrected chi connectivity index (χ2v) is 11.5. The number of fused-ring (bicyclic) bond motifs is 3. The number of nitrogens with zero attached hydrogens (tertiary/aromatic N) is 2. The molecule has 188 valence electrons. The molecule has 2 N–H and O–H groups in total. The summed E-state index contributed by atoms with van der Waals surface area (Å²) in [7, 11) is 0. The molecule has 2 fully saturated rings. The van der Waals surface area contributed by atoms with E-state index in [0.29, 0.717) is 35.2 Å². The van der Waals surface area contributed by atoms with Crippen molar-refractivity contribution in [3.05, 3.63) is 52.0 Å². The molecule has 6 rings (SSSR count). The fourth-order valence-electron chi connectivity index (χ4n) is 5.25. The van der Waals surface area contributed by atoms with Crippen LogP contribution in [0, 0.1) is 0 Å². The maximum Gasteiger partial charge on any atom is 0.268 e. The van der Waals surface area contributed by atoms with E-state index >= 15 is 0 Å². The van der Waals surface area contributed by atoms with Crippen LogP contribution in [-0.4, -0.2) is 71.3 Å². The number of carbonyl (C=O) groups excluding carboxylic acids is 3. The molecule has 0 spiro atoms. The highest BCUT2D eigenvalue weighted by atomic mass is 35.5. The van der Waals surface area contributed by atoms with Gasteiger partial charge >= 0.3 is 0 Å². The maximum absolute atomic E-state index is 13.5. The highest BCUT2D eigenvalue weighted by Gasteiger charge is 2.48. The number of likely N-dealkylation sites (tertiary alicyclic amines) is 1. The molecule has 2 saturated heterocycles. The molecular formula is C25H25ClN4O5S. The Morgan fingerprint density at radius 3 is 2.64 bits per heavy atom. The Morgan fingerprint density at radius 1 is 1.19 bits per heavy atom. The Bertz CT molecular complexity index is 1340. The first kappa shape index (κ1) is 23.5. The first-order chi connectivity index (χ1) is 17.2. The van der Waals surface area contributed by atoms with Gasteiger partial charge in [0, 0.05) is 30.6 Å². The van der Waals surface area contributed by atoms with Gasteiger partial charge in [-0.1, -0.05) is 29.8 Å². The van der Waals surface area contributed by atoms with E-state index in [2.05, 4.69) is 10.3 Å². The van der Waals surface area contributed by atoms with Gasteiger partial charge in [0.1, 0.15) is 35.3 Å². The van der Waals surface area contributed by atoms with Crippen molar-refractivity contribution in [2.45, 2.75) is 44.3 Å². The first-order valence-electron chi connectivity index (χ1n) is 11.8. The molecular weight excluding hydrogens is 504 g/mol. The van der Waals surface area contributed by atoms with Crippen LogP contribution in [0.25, 0.3) is 10.2 Å². The first-order valence-corrected chi connectivity index (χ1v) is 13.0. The Balaban J connectivity index is 1.18. The number of anilines is 1. The minimum absolute atomic E-state index is 0.123. The Kier molecular flexibility index (Phi) is 5.60. The molecule has 0 saturated carbocycles. The number of amides is 3. The molecule has 0 unspecified atom stereocenters. The fourth-order valence-corrected chi connectivity index (χ4v) is 6.38. The summed E-state index contributed by atoms with van der Waals surface area (Å²) in [5, 5.41) is 3.69. The lowest BCUT2D eigenvalue weighted by Crippen LogP contribution is -2.55. The number of aromatic nitrogens is 1. The van der Waals surface area contributed by atoms with Crippen molar-refractivity contribution in [3.63, 3.8) is 0 Å². The summed E-state index contributed by atoms with van der Waals surface area (Å²) in [6, 6.07) is 10.2. The zero-order chi connectivity index (χ0) is 25.2. The van der Waals surface area contributed by atoms with Crippen molar-refractivity contribution in [2.24, 2.45) is 0 Å². The van der Waals surface area contributed by atoms with Gasteiger partial charge in [0.2, 0.25) is 11.8 Å². The molecule has 3 amide bonds. The Morgan fingerprint density at radius 2 is 1.92 bits per heavy atom. The third-order valence-corrected chi connectivity index (χ3v) is 8.03. The van der Waals surface area contributed by atoms with E-state index in [1.165, 1.54) is 16.2 Å². The van der Waals surface area contributed by atoms with Crippen LogP contribution in [0.1, 0.15) is 29.9 Å². The molecule has 0 radical (unpaired) electrons. The van der Waals surface area contributed by atoms with Gasteiger partial charge < -0.3 is 29.6 Å². The van der Waals surface area contributed by atoms with E-state index < -0.39 is 11.8 Å². The van der Waals surface area contributed by atoms with E-state index in [9.17, 15) is 14.4 Å². The number of halogens is 1. The number of aromatic amines is 1. The monoisotopic (exact) mass is 528 g/mol. The number of carbonyl (C=O) groups is 3. The molecule has 9 nitrogen and oxygen atoms in total. The van der Waals surface area contributed by atoms with Crippen LogP contribution in [-0.2, 0) is 25.5 Å². The second kappa shape index (κ2) is 8.58. The average molecular weight is 529 g/mol. The Labute approximate surface area is 216 Å². The summed E-state index contributed by atoms with van der Waals surface area (Å²) in [5.74, 6) is -1.55. The average Bonchev–Trinajstić information content (AvgIpc) is 3.54. The summed E-state index contributed by atoms with van der Waals surface area (Å²) in [4.78, 5) is 46.7. The highest BCUT2D eigenvalue weighted by Crippen LogP contribution is 2.34. The number of ether oxygens (including phenoxy) is 2. The second-order valence-electron chi connectivity index (χ2n) is 9.81. The van der Waals surface area contributed by atoms with E-state index in [0.717, 1.165) is 15.8 Å². The molecule has 3 aromatic rings. The largest absolute Gasteiger partial charge is 0.343 e. The van der Waals surface area contributed by atoms with Crippen molar-refractivity contribution in [1.29, 1.82) is 0 Å². The maximum atomic E-state index is 13.5. The van der Waals surface area contributed by atoms with Gasteiger partial charge in [-0.25, -0.2) is 0 Å². The Hall–Kier alpha value is -2.92. The smallest absolute Gasteiger partial charge is 0.268 e. The van der Waals surface area contributed by atoms with E-state index in [4.69, 9.17) is 21.1 Å². The molecule has 2 aromatic heterocycles. The van der Waals surface area contributed by atoms with Crippen LogP contribution in [0.3, 0.4) is 0 Å². The third-order valence-electron chi connectivity index (χ3n) is 6.83. The van der Waals surface area contributed by atoms with Crippen LogP contribution in [0.15, 0.2) is 36.4 Å². The quantitative estimate of drug-likeness (QED) is 0.542. The molecule has 3 aliphatic rings. The number of rotatable bonds is 4. The lowest BCUT2D eigenvalue weighted by molar-refractivity contribution is -0.160. The van der Waals surface area contributed by atoms with E-state index in [1.807, 2.05) is 38.1 Å². The minimum Gasteiger partial charge on any atom is -0.343 e. The summed E-state index contributed by atoms with van der Waals surface area (Å²) in [6.07, 6.45) is -0.00646. The standard InChI is InChI=1S/C25H25ClN4O5S/c1-25(2)34-18-10-29(11-19(18)35-25)21(31)12-30-17-6-4-3-5-13(17)7-16(24(30)33)27-22(32)15-8-14-9-20(26)36-23(14)28-15/h3-6,8-9,16,18-19,28H,7,10-12H2,1-2H3,(H,27,32)/t16-,18-,19+/m1/s1. The molecule has 3 aliphatic heterocycles. The van der Waals surface area contributed by atoms with Gasteiger partial charge in [-0.15, -0.1) is 11.3 Å². The van der Waals surface area contributed by atoms with E-state index in [-0.39, 0.29) is 36.5 Å². The predicted octanol–water partition coefficient (Wildman–Crippen LogP) is 2.93. The van der Waals surface area contributed by atoms with Crippen molar-refractivity contribution < 1.29 is 23.9 Å². The lowest BCUT2D eigenvalue weighted by Gasteiger charge is -2.35. The van der Waals surface area contributed by atoms with Crippen LogP contribution in [0.5, 0.6) is 0 Å². The van der Waals surface area contributed by atoms with Crippen molar-refractivity contribution in [2.75, 3.05) is 24.5 Å². The van der Waals surface area contributed by atoms with Gasteiger partial charge in [-0.2, -0.15) is 0 Å². The molecule has 0 aliphatic carbocycles. The molecule has 11 heteroatoms. The van der Waals surface area contributed by atoms with Gasteiger partial charge in [0.25, 0.3) is 5.91 Å². The third kappa shape index (κ3) is 4.17. The topological polar surface area (TPSA) is 104 Å². The normalized spacial score (nSPS) is 24.8. The minimum atomic E-state index is -0.796. The van der Waals surface area contributed by atoms with Crippen molar-refractivity contribution >= 4 is 56.6 Å². The van der Waals surface area contributed by atoms with Crippen LogP contribution >= 0.6 is 22.9 Å². The number of thiophene rings is 1. The van der Waals surface area contributed by atoms with E-state index in [1.54, 1.807) is 17.0 Å². The molecule has 5 heterocycles. The number of nitrogens with one attached hydrogen (secondary N) is 2. The van der Waals surface area contributed by atoms with Crippen molar-refractivity contribution in [1.82, 2.24) is 15.2 Å². The number of hydrogen-bond donors (Lipinski definition) is 2. The molecule has 0 bridgehead atoms. The number of H-pyrrole nitrogens is 1. The van der Waals surface area contributed by atoms with Gasteiger partial charge in [-0.05, 0) is 37.6 Å². The highest BCUT2D eigenvalue weighted by molar-refractivity contribution is 7.22. The van der Waals surface area contributed by atoms with Gasteiger partial charge in [0.05, 0.1) is 4.34 Å². The van der Waals surface area contributed by atoms with Gasteiger partial charge in [-0.3, -0.25) is 14.4 Å². The molecule has 1 aromatic carbocycles. The zero-order valence-corrected chi connectivity index (χ0v) is 21.3.